The van der Waals surface area contributed by atoms with E-state index in [4.69, 9.17) is 9.97 Å². The summed E-state index contributed by atoms with van der Waals surface area (Å²) in [5.74, 6) is 0.620. The highest BCUT2D eigenvalue weighted by molar-refractivity contribution is 7.15. The predicted molar refractivity (Wildman–Crippen MR) is 126 cm³/mol. The van der Waals surface area contributed by atoms with E-state index in [1.165, 1.54) is 17.7 Å². The molecule has 6 rings (SSSR count). The average molecular weight is 440 g/mol. The Morgan fingerprint density at radius 1 is 0.812 bits per heavy atom. The maximum atomic E-state index is 13.6. The van der Waals surface area contributed by atoms with Gasteiger partial charge in [-0.05, 0) is 42.0 Å². The molecule has 0 aliphatic heterocycles. The first kappa shape index (κ1) is 18.8. The molecule has 0 aliphatic carbocycles. The lowest BCUT2D eigenvalue weighted by Crippen LogP contribution is -2.04. The molecule has 1 N–H and O–H groups in total. The number of nitrogens with one attached hydrogen (secondary N) is 1. The van der Waals surface area contributed by atoms with Gasteiger partial charge in [-0.15, -0.1) is 11.3 Å². The summed E-state index contributed by atoms with van der Waals surface area (Å²) in [6.07, 6.45) is 4.00. The fourth-order valence-electron chi connectivity index (χ4n) is 3.93. The predicted octanol–water partition coefficient (Wildman–Crippen LogP) is 6.13. The highest BCUT2D eigenvalue weighted by Gasteiger charge is 2.23. The number of hydrogen-bond donors (Lipinski definition) is 1. The number of aromatic nitrogens is 4. The van der Waals surface area contributed by atoms with Crippen LogP contribution >= 0.6 is 11.3 Å². The van der Waals surface area contributed by atoms with Crippen LogP contribution < -0.4 is 5.32 Å². The second-order valence-corrected chi connectivity index (χ2v) is 8.32. The molecule has 4 aromatic heterocycles. The van der Waals surface area contributed by atoms with E-state index in [-0.39, 0.29) is 5.82 Å². The highest BCUT2D eigenvalue weighted by atomic mass is 32.1. The zero-order valence-corrected chi connectivity index (χ0v) is 17.8. The molecule has 0 atom stereocenters. The second-order valence-electron chi connectivity index (χ2n) is 7.45. The van der Waals surface area contributed by atoms with Gasteiger partial charge in [0.25, 0.3) is 0 Å². The summed E-state index contributed by atoms with van der Waals surface area (Å²) >= 11 is 1.56. The molecular weight excluding hydrogens is 421 g/mol. The van der Waals surface area contributed by atoms with Crippen molar-refractivity contribution in [3.05, 3.63) is 102 Å². The van der Waals surface area contributed by atoms with Crippen LogP contribution in [-0.4, -0.2) is 18.8 Å². The summed E-state index contributed by atoms with van der Waals surface area (Å²) in [6.45, 7) is 0.661. The Labute approximate surface area is 187 Å². The first-order valence-electron chi connectivity index (χ1n) is 10.2. The third-order valence-corrected chi connectivity index (χ3v) is 6.19. The standard InChI is InChI=1S/C25H18FN5S/c26-19-11-9-18(10-12-19)21-23(31-14-15-32-25(31)29-21)22-24(27-16-17-6-2-1-3-7-17)30-13-5-4-8-20(30)28-22/h1-15,27H,16H2. The van der Waals surface area contributed by atoms with Gasteiger partial charge in [0.2, 0.25) is 0 Å². The molecule has 0 radical (unpaired) electrons. The van der Waals surface area contributed by atoms with E-state index < -0.39 is 0 Å². The summed E-state index contributed by atoms with van der Waals surface area (Å²) in [5, 5.41) is 5.60. The lowest BCUT2D eigenvalue weighted by atomic mass is 10.1. The zero-order valence-electron chi connectivity index (χ0n) is 16.9. The number of imidazole rings is 2. The molecule has 2 aromatic carbocycles. The van der Waals surface area contributed by atoms with Crippen molar-refractivity contribution in [2.24, 2.45) is 0 Å². The summed E-state index contributed by atoms with van der Waals surface area (Å²) in [7, 11) is 0. The third kappa shape index (κ3) is 3.14. The van der Waals surface area contributed by atoms with Gasteiger partial charge in [0.1, 0.15) is 28.7 Å². The molecule has 0 saturated carbocycles. The summed E-state index contributed by atoms with van der Waals surface area (Å²) in [5.41, 5.74) is 5.33. The van der Waals surface area contributed by atoms with Crippen LogP contribution in [0.3, 0.4) is 0 Å². The maximum Gasteiger partial charge on any atom is 0.194 e. The number of halogens is 1. The molecule has 156 valence electrons. The molecule has 7 heteroatoms. The van der Waals surface area contributed by atoms with Crippen molar-refractivity contribution < 1.29 is 4.39 Å². The summed E-state index contributed by atoms with van der Waals surface area (Å²) < 4.78 is 17.7. The number of pyridine rings is 1. The Hall–Kier alpha value is -3.97. The van der Waals surface area contributed by atoms with Crippen LogP contribution in [0.5, 0.6) is 0 Å². The first-order chi connectivity index (χ1) is 15.8. The lowest BCUT2D eigenvalue weighted by Gasteiger charge is -2.10. The Balaban J connectivity index is 1.56. The Bertz CT molecular complexity index is 1530. The van der Waals surface area contributed by atoms with Gasteiger partial charge in [-0.1, -0.05) is 36.4 Å². The van der Waals surface area contributed by atoms with Crippen LogP contribution in [0.2, 0.25) is 0 Å². The van der Waals surface area contributed by atoms with E-state index in [9.17, 15) is 4.39 Å². The average Bonchev–Trinajstić information content (AvgIpc) is 3.51. The van der Waals surface area contributed by atoms with Crippen LogP contribution in [0.1, 0.15) is 5.56 Å². The van der Waals surface area contributed by atoms with E-state index in [0.717, 1.165) is 39.1 Å². The van der Waals surface area contributed by atoms with Gasteiger partial charge in [0, 0.05) is 29.9 Å². The molecule has 0 amide bonds. The van der Waals surface area contributed by atoms with E-state index in [2.05, 4.69) is 26.3 Å². The van der Waals surface area contributed by atoms with Crippen LogP contribution in [0.15, 0.2) is 90.6 Å². The fourth-order valence-corrected chi connectivity index (χ4v) is 4.65. The van der Waals surface area contributed by atoms with Gasteiger partial charge < -0.3 is 5.32 Å². The largest absolute Gasteiger partial charge is 0.365 e. The van der Waals surface area contributed by atoms with Crippen molar-refractivity contribution in [3.8, 4) is 22.6 Å². The van der Waals surface area contributed by atoms with Gasteiger partial charge in [-0.25, -0.2) is 14.4 Å². The van der Waals surface area contributed by atoms with Crippen LogP contribution in [0.4, 0.5) is 10.2 Å². The van der Waals surface area contributed by atoms with Gasteiger partial charge in [-0.3, -0.25) is 8.80 Å². The minimum absolute atomic E-state index is 0.269. The topological polar surface area (TPSA) is 46.6 Å². The molecule has 4 heterocycles. The number of nitrogens with zero attached hydrogens (tertiary/aromatic N) is 4. The number of anilines is 1. The Kier molecular flexibility index (Phi) is 4.47. The van der Waals surface area contributed by atoms with Gasteiger partial charge in [0.05, 0.1) is 5.69 Å². The smallest absolute Gasteiger partial charge is 0.194 e. The van der Waals surface area contributed by atoms with Crippen molar-refractivity contribution in [1.29, 1.82) is 0 Å². The van der Waals surface area contributed by atoms with Crippen LogP contribution in [0.25, 0.3) is 33.3 Å². The normalized spacial score (nSPS) is 11.4. The number of benzene rings is 2. The van der Waals surface area contributed by atoms with Crippen molar-refractivity contribution in [2.45, 2.75) is 6.54 Å². The molecule has 0 aliphatic rings. The molecule has 0 spiro atoms. The van der Waals surface area contributed by atoms with E-state index in [1.807, 2.05) is 54.2 Å². The number of thiazole rings is 1. The lowest BCUT2D eigenvalue weighted by molar-refractivity contribution is 0.628. The van der Waals surface area contributed by atoms with E-state index in [0.29, 0.717) is 6.54 Å². The summed E-state index contributed by atoms with van der Waals surface area (Å²) in [6, 6.07) is 22.7. The number of hydrogen-bond acceptors (Lipinski definition) is 4. The monoisotopic (exact) mass is 439 g/mol. The van der Waals surface area contributed by atoms with E-state index >= 15 is 0 Å². The quantitative estimate of drug-likeness (QED) is 0.352. The number of rotatable bonds is 5. The van der Waals surface area contributed by atoms with Crippen LogP contribution in [-0.2, 0) is 6.54 Å². The fraction of sp³-hybridized carbons (Fsp3) is 0.0400. The second kappa shape index (κ2) is 7.62. The highest BCUT2D eigenvalue weighted by Crippen LogP contribution is 2.38. The maximum absolute atomic E-state index is 13.6. The van der Waals surface area contributed by atoms with Gasteiger partial charge >= 0.3 is 0 Å². The molecule has 0 unspecified atom stereocenters. The molecule has 0 bridgehead atoms. The zero-order chi connectivity index (χ0) is 21.5. The van der Waals surface area contributed by atoms with Gasteiger partial charge in [0.15, 0.2) is 4.96 Å². The van der Waals surface area contributed by atoms with Crippen molar-refractivity contribution in [3.63, 3.8) is 0 Å². The minimum Gasteiger partial charge on any atom is -0.365 e. The molecular formula is C25H18FN5S. The van der Waals surface area contributed by atoms with Gasteiger partial charge in [-0.2, -0.15) is 0 Å². The van der Waals surface area contributed by atoms with Crippen LogP contribution in [0, 0.1) is 5.82 Å². The Morgan fingerprint density at radius 3 is 2.47 bits per heavy atom. The molecule has 0 saturated heterocycles. The third-order valence-electron chi connectivity index (χ3n) is 5.44. The number of fused-ring (bicyclic) bond motifs is 2. The molecule has 6 aromatic rings. The summed E-state index contributed by atoms with van der Waals surface area (Å²) in [4.78, 5) is 10.7. The van der Waals surface area contributed by atoms with Crippen molar-refractivity contribution >= 4 is 27.8 Å². The van der Waals surface area contributed by atoms with E-state index in [1.54, 1.807) is 23.5 Å². The Morgan fingerprint density at radius 2 is 1.62 bits per heavy atom. The molecule has 5 nitrogen and oxygen atoms in total. The van der Waals surface area contributed by atoms with Crippen molar-refractivity contribution in [1.82, 2.24) is 18.8 Å². The molecule has 32 heavy (non-hydrogen) atoms. The minimum atomic E-state index is -0.269. The SMILES string of the molecule is Fc1ccc(-c2nc3sccn3c2-c2nc3ccccn3c2NCc2ccccc2)cc1. The van der Waals surface area contributed by atoms with Crippen molar-refractivity contribution in [2.75, 3.05) is 5.32 Å². The molecule has 0 fully saturated rings. The first-order valence-corrected chi connectivity index (χ1v) is 11.1.